The van der Waals surface area contributed by atoms with Crippen LogP contribution in [0.2, 0.25) is 0 Å². The molecule has 0 aliphatic heterocycles. The summed E-state index contributed by atoms with van der Waals surface area (Å²) in [5.74, 6) is -0.335. The van der Waals surface area contributed by atoms with Crippen molar-refractivity contribution in [2.75, 3.05) is 26.0 Å². The molecule has 1 unspecified atom stereocenters. The van der Waals surface area contributed by atoms with Crippen LogP contribution in [0.3, 0.4) is 0 Å². The second kappa shape index (κ2) is 8.94. The lowest BCUT2D eigenvalue weighted by atomic mass is 10.1. The van der Waals surface area contributed by atoms with Gasteiger partial charge in [-0.25, -0.2) is 0 Å². The van der Waals surface area contributed by atoms with Crippen molar-refractivity contribution >= 4 is 40.2 Å². The van der Waals surface area contributed by atoms with E-state index >= 15 is 0 Å². The van der Waals surface area contributed by atoms with E-state index in [1.165, 1.54) is 16.2 Å². The highest BCUT2D eigenvalue weighted by Gasteiger charge is 2.17. The molecule has 0 aliphatic carbocycles. The number of benzene rings is 1. The Morgan fingerprint density at radius 2 is 1.78 bits per heavy atom. The first-order chi connectivity index (χ1) is 13.0. The minimum absolute atomic E-state index is 0.121. The van der Waals surface area contributed by atoms with Crippen molar-refractivity contribution in [3.05, 3.63) is 74.6 Å². The summed E-state index contributed by atoms with van der Waals surface area (Å²) < 4.78 is 0. The van der Waals surface area contributed by atoms with Crippen LogP contribution in [0.25, 0.3) is 0 Å². The van der Waals surface area contributed by atoms with Crippen molar-refractivity contribution in [1.29, 1.82) is 0 Å². The Kier molecular flexibility index (Phi) is 6.39. The van der Waals surface area contributed by atoms with E-state index < -0.39 is 0 Å². The van der Waals surface area contributed by atoms with E-state index in [0.29, 0.717) is 22.7 Å². The Balaban J connectivity index is 1.64. The van der Waals surface area contributed by atoms with Crippen LogP contribution in [0.15, 0.2) is 59.3 Å². The van der Waals surface area contributed by atoms with E-state index in [1.54, 1.807) is 41.7 Å². The summed E-state index contributed by atoms with van der Waals surface area (Å²) in [6, 6.07) is 14.8. The SMILES string of the molecule is CN(C)C(CNC(=O)c1cccc(NC(=O)c2cccs2)c1)c1cccs1. The van der Waals surface area contributed by atoms with Crippen molar-refractivity contribution < 1.29 is 9.59 Å². The molecule has 2 N–H and O–H groups in total. The molecule has 0 spiro atoms. The Hall–Kier alpha value is -2.48. The molecule has 1 aromatic carbocycles. The highest BCUT2D eigenvalue weighted by Crippen LogP contribution is 2.22. The molecule has 7 heteroatoms. The Morgan fingerprint density at radius 3 is 2.44 bits per heavy atom. The summed E-state index contributed by atoms with van der Waals surface area (Å²) in [6.45, 7) is 0.512. The van der Waals surface area contributed by atoms with Crippen molar-refractivity contribution in [3.63, 3.8) is 0 Å². The first-order valence-electron chi connectivity index (χ1n) is 8.47. The lowest BCUT2D eigenvalue weighted by Crippen LogP contribution is -2.34. The van der Waals surface area contributed by atoms with E-state index in [1.807, 2.05) is 37.0 Å². The van der Waals surface area contributed by atoms with Gasteiger partial charge >= 0.3 is 0 Å². The van der Waals surface area contributed by atoms with Crippen LogP contribution in [0.4, 0.5) is 5.69 Å². The molecule has 2 amide bonds. The largest absolute Gasteiger partial charge is 0.350 e. The van der Waals surface area contributed by atoms with Gasteiger partial charge in [-0.3, -0.25) is 9.59 Å². The molecule has 0 saturated carbocycles. The number of carbonyl (C=O) groups is 2. The first kappa shape index (κ1) is 19.3. The van der Waals surface area contributed by atoms with Gasteiger partial charge in [0.15, 0.2) is 0 Å². The number of nitrogens with one attached hydrogen (secondary N) is 2. The second-order valence-corrected chi connectivity index (χ2v) is 8.14. The van der Waals surface area contributed by atoms with Crippen LogP contribution in [0, 0.1) is 0 Å². The molecule has 0 bridgehead atoms. The number of hydrogen-bond donors (Lipinski definition) is 2. The topological polar surface area (TPSA) is 61.4 Å². The third-order valence-electron chi connectivity index (χ3n) is 4.08. The summed E-state index contributed by atoms with van der Waals surface area (Å²) in [5, 5.41) is 9.71. The highest BCUT2D eigenvalue weighted by atomic mass is 32.1. The zero-order chi connectivity index (χ0) is 19.2. The number of carbonyl (C=O) groups excluding carboxylic acids is 2. The molecule has 3 rings (SSSR count). The molecule has 2 heterocycles. The Morgan fingerprint density at radius 1 is 1.00 bits per heavy atom. The Bertz CT molecular complexity index is 890. The zero-order valence-electron chi connectivity index (χ0n) is 15.1. The summed E-state index contributed by atoms with van der Waals surface area (Å²) in [4.78, 5) is 28.7. The van der Waals surface area contributed by atoms with Crippen LogP contribution in [-0.4, -0.2) is 37.4 Å². The molecule has 3 aromatic rings. The van der Waals surface area contributed by atoms with Gasteiger partial charge in [-0.2, -0.15) is 0 Å². The normalized spacial score (nSPS) is 12.0. The van der Waals surface area contributed by atoms with Crippen LogP contribution in [0.1, 0.15) is 30.9 Å². The predicted molar refractivity (Wildman–Crippen MR) is 112 cm³/mol. The number of anilines is 1. The maximum Gasteiger partial charge on any atom is 0.265 e. The van der Waals surface area contributed by atoms with E-state index in [-0.39, 0.29) is 17.9 Å². The van der Waals surface area contributed by atoms with Crippen molar-refractivity contribution in [1.82, 2.24) is 10.2 Å². The van der Waals surface area contributed by atoms with Crippen LogP contribution in [0.5, 0.6) is 0 Å². The van der Waals surface area contributed by atoms with Gasteiger partial charge in [0.1, 0.15) is 0 Å². The van der Waals surface area contributed by atoms with E-state index in [9.17, 15) is 9.59 Å². The van der Waals surface area contributed by atoms with Gasteiger partial charge in [-0.05, 0) is 55.2 Å². The van der Waals surface area contributed by atoms with Crippen LogP contribution < -0.4 is 10.6 Å². The molecule has 27 heavy (non-hydrogen) atoms. The summed E-state index contributed by atoms with van der Waals surface area (Å²) >= 11 is 3.05. The lowest BCUT2D eigenvalue weighted by molar-refractivity contribution is 0.0941. The van der Waals surface area contributed by atoms with Crippen LogP contribution >= 0.6 is 22.7 Å². The molecule has 0 radical (unpaired) electrons. The number of nitrogens with zero attached hydrogens (tertiary/aromatic N) is 1. The predicted octanol–water partition coefficient (Wildman–Crippen LogP) is 4.09. The van der Waals surface area contributed by atoms with E-state index in [0.717, 1.165) is 0 Å². The quantitative estimate of drug-likeness (QED) is 0.629. The van der Waals surface area contributed by atoms with E-state index in [4.69, 9.17) is 0 Å². The fraction of sp³-hybridized carbons (Fsp3) is 0.200. The molecule has 0 saturated heterocycles. The van der Waals surface area contributed by atoms with Gasteiger partial charge in [0.25, 0.3) is 11.8 Å². The fourth-order valence-electron chi connectivity index (χ4n) is 2.65. The summed E-state index contributed by atoms with van der Waals surface area (Å²) in [5.41, 5.74) is 1.12. The molecule has 0 aliphatic rings. The average molecular weight is 400 g/mol. The smallest absolute Gasteiger partial charge is 0.265 e. The van der Waals surface area contributed by atoms with Crippen molar-refractivity contribution in [2.24, 2.45) is 0 Å². The van der Waals surface area contributed by atoms with Crippen LogP contribution in [-0.2, 0) is 0 Å². The number of amides is 2. The fourth-order valence-corrected chi connectivity index (χ4v) is 4.19. The van der Waals surface area contributed by atoms with Gasteiger partial charge in [-0.15, -0.1) is 22.7 Å². The molecule has 140 valence electrons. The average Bonchev–Trinajstić information content (AvgIpc) is 3.36. The third kappa shape index (κ3) is 5.03. The molecule has 2 aromatic heterocycles. The maximum atomic E-state index is 12.6. The second-order valence-electron chi connectivity index (χ2n) is 6.22. The summed E-state index contributed by atoms with van der Waals surface area (Å²) in [6.07, 6.45) is 0. The molecule has 0 fully saturated rings. The van der Waals surface area contributed by atoms with Gasteiger partial charge in [0.2, 0.25) is 0 Å². The maximum absolute atomic E-state index is 12.6. The highest BCUT2D eigenvalue weighted by molar-refractivity contribution is 7.12. The minimum Gasteiger partial charge on any atom is -0.350 e. The van der Waals surface area contributed by atoms with Crippen molar-refractivity contribution in [3.8, 4) is 0 Å². The van der Waals surface area contributed by atoms with E-state index in [2.05, 4.69) is 21.6 Å². The molecule has 5 nitrogen and oxygen atoms in total. The number of hydrogen-bond acceptors (Lipinski definition) is 5. The van der Waals surface area contributed by atoms with Gasteiger partial charge in [0.05, 0.1) is 10.9 Å². The number of thiophene rings is 2. The van der Waals surface area contributed by atoms with Gasteiger partial charge < -0.3 is 15.5 Å². The lowest BCUT2D eigenvalue weighted by Gasteiger charge is -2.23. The Labute approximate surface area is 166 Å². The monoisotopic (exact) mass is 399 g/mol. The van der Waals surface area contributed by atoms with Gasteiger partial charge in [-0.1, -0.05) is 18.2 Å². The third-order valence-corrected chi connectivity index (χ3v) is 5.92. The molecular weight excluding hydrogens is 378 g/mol. The standard InChI is InChI=1S/C20H21N3O2S2/c1-23(2)16(17-8-4-10-26-17)13-21-19(24)14-6-3-7-15(12-14)22-20(25)18-9-5-11-27-18/h3-12,16H,13H2,1-2H3,(H,21,24)(H,22,25). The minimum atomic E-state index is -0.173. The van der Waals surface area contributed by atoms with Gasteiger partial charge in [0, 0.05) is 22.7 Å². The molecular formula is C20H21N3O2S2. The zero-order valence-corrected chi connectivity index (χ0v) is 16.8. The molecule has 1 atom stereocenters. The van der Waals surface area contributed by atoms with Crippen molar-refractivity contribution in [2.45, 2.75) is 6.04 Å². The first-order valence-corrected chi connectivity index (χ1v) is 10.2. The number of rotatable bonds is 7. The number of likely N-dealkylation sites (N-methyl/N-ethyl adjacent to an activating group) is 1. The summed E-state index contributed by atoms with van der Waals surface area (Å²) in [7, 11) is 3.99.